The molecule has 0 aliphatic rings. The summed E-state index contributed by atoms with van der Waals surface area (Å²) in [7, 11) is 0. The molecule has 3 heterocycles. The average Bonchev–Trinajstić information content (AvgIpc) is 3.53. The zero-order valence-electron chi connectivity index (χ0n) is 15.8. The summed E-state index contributed by atoms with van der Waals surface area (Å²) in [6, 6.07) is 17.0. The normalized spacial score (nSPS) is 11.6. The van der Waals surface area contributed by atoms with Crippen LogP contribution in [0.25, 0.3) is 22.4 Å². The first-order chi connectivity index (χ1) is 14.2. The van der Waals surface area contributed by atoms with Crippen LogP contribution in [0, 0.1) is 0 Å². The Labute approximate surface area is 172 Å². The van der Waals surface area contributed by atoms with Crippen LogP contribution in [0.5, 0.6) is 0 Å². The summed E-state index contributed by atoms with van der Waals surface area (Å²) >= 11 is 1.54. The van der Waals surface area contributed by atoms with Crippen molar-refractivity contribution in [2.24, 2.45) is 0 Å². The molecule has 1 aromatic carbocycles. The van der Waals surface area contributed by atoms with Gasteiger partial charge >= 0.3 is 0 Å². The van der Waals surface area contributed by atoms with Crippen molar-refractivity contribution >= 4 is 28.9 Å². The molecule has 0 atom stereocenters. The van der Waals surface area contributed by atoms with Gasteiger partial charge in [0, 0.05) is 6.54 Å². The van der Waals surface area contributed by atoms with Crippen molar-refractivity contribution in [2.45, 2.75) is 13.5 Å². The minimum Gasteiger partial charge on any atom is -0.465 e. The fraction of sp³-hybridized carbons (Fsp3) is 0.136. The number of thiophene rings is 1. The second kappa shape index (κ2) is 8.70. The minimum atomic E-state index is -0.133. The maximum Gasteiger partial charge on any atom is 0.255 e. The van der Waals surface area contributed by atoms with Crippen LogP contribution >= 0.6 is 11.3 Å². The van der Waals surface area contributed by atoms with Crippen LogP contribution in [-0.4, -0.2) is 27.5 Å². The lowest BCUT2D eigenvalue weighted by atomic mass is 10.0. The van der Waals surface area contributed by atoms with Crippen LogP contribution in [0.2, 0.25) is 0 Å². The average molecular weight is 405 g/mol. The van der Waals surface area contributed by atoms with Gasteiger partial charge in [0.25, 0.3) is 5.91 Å². The van der Waals surface area contributed by atoms with E-state index in [-0.39, 0.29) is 12.5 Å². The lowest BCUT2D eigenvalue weighted by Crippen LogP contribution is -2.31. The second-order valence-electron chi connectivity index (χ2n) is 6.25. The van der Waals surface area contributed by atoms with E-state index in [9.17, 15) is 4.79 Å². The Morgan fingerprint density at radius 1 is 1.14 bits per heavy atom. The number of aromatic nitrogens is 2. The number of rotatable bonds is 7. The molecule has 0 spiro atoms. The maximum atomic E-state index is 13.4. The van der Waals surface area contributed by atoms with Crippen molar-refractivity contribution < 1.29 is 13.7 Å². The van der Waals surface area contributed by atoms with Gasteiger partial charge in [0.05, 0.1) is 16.7 Å². The highest BCUT2D eigenvalue weighted by Crippen LogP contribution is 2.24. The van der Waals surface area contributed by atoms with E-state index in [1.54, 1.807) is 23.3 Å². The molecule has 4 aromatic rings. The number of hydrogen-bond acceptors (Lipinski definition) is 6. The topological polar surface area (TPSA) is 72.4 Å². The first-order valence-electron chi connectivity index (χ1n) is 9.21. The van der Waals surface area contributed by atoms with E-state index in [0.717, 1.165) is 10.4 Å². The number of carbonyl (C=O) groups excluding carboxylic acids is 1. The molecule has 0 aliphatic heterocycles. The highest BCUT2D eigenvalue weighted by molar-refractivity contribution is 7.13. The van der Waals surface area contributed by atoms with Crippen LogP contribution in [0.15, 0.2) is 75.2 Å². The SMILES string of the molecule is CCN(Cc1nc(-c2cccs2)no1)C(=O)/C(=C/c1ccco1)c1ccccc1. The Morgan fingerprint density at radius 2 is 2.00 bits per heavy atom. The molecule has 7 heteroatoms. The van der Waals surface area contributed by atoms with Crippen LogP contribution in [0.3, 0.4) is 0 Å². The summed E-state index contributed by atoms with van der Waals surface area (Å²) < 4.78 is 10.8. The van der Waals surface area contributed by atoms with Gasteiger partial charge in [-0.25, -0.2) is 0 Å². The third-order valence-electron chi connectivity index (χ3n) is 4.35. The fourth-order valence-electron chi connectivity index (χ4n) is 2.89. The largest absolute Gasteiger partial charge is 0.465 e. The lowest BCUT2D eigenvalue weighted by Gasteiger charge is -2.20. The highest BCUT2D eigenvalue weighted by atomic mass is 32.1. The molecule has 0 fully saturated rings. The third-order valence-corrected chi connectivity index (χ3v) is 5.22. The summed E-state index contributed by atoms with van der Waals surface area (Å²) in [5.41, 5.74) is 1.36. The summed E-state index contributed by atoms with van der Waals surface area (Å²) in [6.45, 7) is 2.65. The van der Waals surface area contributed by atoms with Crippen LogP contribution in [0.4, 0.5) is 0 Å². The van der Waals surface area contributed by atoms with E-state index in [2.05, 4.69) is 10.1 Å². The fourth-order valence-corrected chi connectivity index (χ4v) is 3.54. The molecular weight excluding hydrogens is 386 g/mol. The van der Waals surface area contributed by atoms with Crippen molar-refractivity contribution in [3.8, 4) is 10.7 Å². The van der Waals surface area contributed by atoms with Gasteiger partial charge in [-0.15, -0.1) is 11.3 Å². The molecule has 29 heavy (non-hydrogen) atoms. The molecule has 6 nitrogen and oxygen atoms in total. The molecule has 0 bridgehead atoms. The zero-order valence-corrected chi connectivity index (χ0v) is 16.6. The van der Waals surface area contributed by atoms with Crippen molar-refractivity contribution in [1.82, 2.24) is 15.0 Å². The van der Waals surface area contributed by atoms with Crippen LogP contribution in [-0.2, 0) is 11.3 Å². The van der Waals surface area contributed by atoms with Crippen molar-refractivity contribution in [3.05, 3.63) is 83.5 Å². The Balaban J connectivity index is 1.60. The van der Waals surface area contributed by atoms with Gasteiger partial charge < -0.3 is 13.8 Å². The van der Waals surface area contributed by atoms with Gasteiger partial charge in [-0.2, -0.15) is 4.98 Å². The second-order valence-corrected chi connectivity index (χ2v) is 7.20. The molecule has 0 N–H and O–H groups in total. The molecule has 0 aliphatic carbocycles. The number of likely N-dealkylation sites (N-methyl/N-ethyl adjacent to an activating group) is 1. The monoisotopic (exact) mass is 405 g/mol. The van der Waals surface area contributed by atoms with E-state index in [0.29, 0.717) is 29.6 Å². The number of hydrogen-bond donors (Lipinski definition) is 0. The Kier molecular flexibility index (Phi) is 5.67. The first kappa shape index (κ1) is 18.9. The van der Waals surface area contributed by atoms with E-state index in [1.807, 2.05) is 60.8 Å². The number of benzene rings is 1. The molecule has 0 saturated carbocycles. The standard InChI is InChI=1S/C22H19N3O3S/c1-2-25(15-20-23-21(24-28-20)19-11-7-13-29-19)22(26)18(14-17-10-6-12-27-17)16-8-4-3-5-9-16/h3-14H,2,15H2,1H3/b18-14+. The van der Waals surface area contributed by atoms with Gasteiger partial charge in [0.2, 0.25) is 11.7 Å². The Hall–Kier alpha value is -3.45. The van der Waals surface area contributed by atoms with Gasteiger partial charge in [-0.1, -0.05) is 41.6 Å². The molecule has 0 unspecified atom stereocenters. The van der Waals surface area contributed by atoms with Gasteiger partial charge in [-0.3, -0.25) is 4.79 Å². The molecular formula is C22H19N3O3S. The Morgan fingerprint density at radius 3 is 2.69 bits per heavy atom. The summed E-state index contributed by atoms with van der Waals surface area (Å²) in [5.74, 6) is 1.42. The summed E-state index contributed by atoms with van der Waals surface area (Å²) in [4.78, 5) is 20.4. The first-order valence-corrected chi connectivity index (χ1v) is 10.1. The number of nitrogens with zero attached hydrogens (tertiary/aromatic N) is 3. The van der Waals surface area contributed by atoms with E-state index in [1.165, 1.54) is 11.3 Å². The number of amides is 1. The summed E-state index contributed by atoms with van der Waals surface area (Å²) in [6.07, 6.45) is 3.34. The van der Waals surface area contributed by atoms with Crippen molar-refractivity contribution in [2.75, 3.05) is 6.54 Å². The maximum absolute atomic E-state index is 13.4. The quantitative estimate of drug-likeness (QED) is 0.406. The number of carbonyl (C=O) groups is 1. The minimum absolute atomic E-state index is 0.133. The molecule has 146 valence electrons. The van der Waals surface area contributed by atoms with Gasteiger partial charge in [0.15, 0.2) is 0 Å². The van der Waals surface area contributed by atoms with Gasteiger partial charge in [-0.05, 0) is 42.1 Å². The predicted molar refractivity (Wildman–Crippen MR) is 112 cm³/mol. The Bertz CT molecular complexity index is 1080. The lowest BCUT2D eigenvalue weighted by molar-refractivity contribution is -0.125. The van der Waals surface area contributed by atoms with Gasteiger partial charge in [0.1, 0.15) is 12.3 Å². The van der Waals surface area contributed by atoms with E-state index >= 15 is 0 Å². The highest BCUT2D eigenvalue weighted by Gasteiger charge is 2.22. The van der Waals surface area contributed by atoms with E-state index in [4.69, 9.17) is 8.94 Å². The van der Waals surface area contributed by atoms with Crippen LogP contribution in [0.1, 0.15) is 24.1 Å². The molecule has 0 saturated heterocycles. The third kappa shape index (κ3) is 4.35. The van der Waals surface area contributed by atoms with Crippen LogP contribution < -0.4 is 0 Å². The summed E-state index contributed by atoms with van der Waals surface area (Å²) in [5, 5.41) is 5.98. The van der Waals surface area contributed by atoms with Crippen molar-refractivity contribution in [3.63, 3.8) is 0 Å². The number of furan rings is 1. The molecule has 1 amide bonds. The molecule has 4 rings (SSSR count). The predicted octanol–water partition coefficient (Wildman–Crippen LogP) is 4.98. The van der Waals surface area contributed by atoms with Crippen molar-refractivity contribution in [1.29, 1.82) is 0 Å². The van der Waals surface area contributed by atoms with E-state index < -0.39 is 0 Å². The molecule has 0 radical (unpaired) electrons. The molecule has 3 aromatic heterocycles. The smallest absolute Gasteiger partial charge is 0.255 e. The zero-order chi connectivity index (χ0) is 20.1.